The third-order valence-electron chi connectivity index (χ3n) is 3.78. The first kappa shape index (κ1) is 14.9. The topological polar surface area (TPSA) is 38.8 Å². The normalized spacial score (nSPS) is 23.4. The minimum atomic E-state index is -0.210. The summed E-state index contributed by atoms with van der Waals surface area (Å²) in [5.74, 6) is 1.35. The number of ether oxygens (including phenoxy) is 2. The first-order valence-electron chi connectivity index (χ1n) is 7.00. The van der Waals surface area contributed by atoms with Gasteiger partial charge in [-0.25, -0.2) is 0 Å². The lowest BCUT2D eigenvalue weighted by Crippen LogP contribution is -2.48. The van der Waals surface area contributed by atoms with E-state index >= 15 is 0 Å². The van der Waals surface area contributed by atoms with Gasteiger partial charge in [-0.3, -0.25) is 4.79 Å². The number of nitrogens with zero attached hydrogens (tertiary/aromatic N) is 1. The van der Waals surface area contributed by atoms with Crippen LogP contribution in [0.4, 0.5) is 0 Å². The number of methoxy groups -OCH3 is 1. The zero-order valence-corrected chi connectivity index (χ0v) is 12.7. The number of hydrogen-bond acceptors (Lipinski definition) is 4. The molecule has 1 aromatic rings. The fourth-order valence-electron chi connectivity index (χ4n) is 2.77. The Balaban J connectivity index is 2.22. The molecular weight excluding hydrogens is 254 g/mol. The first-order valence-corrected chi connectivity index (χ1v) is 7.00. The van der Waals surface area contributed by atoms with E-state index in [4.69, 9.17) is 9.47 Å². The lowest BCUT2D eigenvalue weighted by atomic mass is 9.95. The molecule has 0 amide bonds. The Hall–Kier alpha value is -1.55. The molecule has 1 unspecified atom stereocenters. The second-order valence-electron chi connectivity index (χ2n) is 5.82. The molecule has 0 bridgehead atoms. The highest BCUT2D eigenvalue weighted by molar-refractivity contribution is 5.94. The van der Waals surface area contributed by atoms with E-state index in [1.165, 1.54) is 0 Å². The van der Waals surface area contributed by atoms with Crippen LogP contribution in [-0.2, 0) is 0 Å². The standard InChI is InChI=1S/C16H23NO3/c1-12(18)13-6-7-14(15(10-13)19-4)20-16(2)8-5-9-17(3)11-16/h6-7,10H,5,8-9,11H2,1-4H3. The number of hydrogen-bond donors (Lipinski definition) is 0. The minimum Gasteiger partial charge on any atom is -0.493 e. The van der Waals surface area contributed by atoms with Gasteiger partial charge in [-0.2, -0.15) is 0 Å². The van der Waals surface area contributed by atoms with Crippen LogP contribution in [0.5, 0.6) is 11.5 Å². The molecule has 2 rings (SSSR count). The second kappa shape index (κ2) is 5.83. The maximum atomic E-state index is 11.4. The largest absolute Gasteiger partial charge is 0.493 e. The van der Waals surface area contributed by atoms with Crippen molar-refractivity contribution in [3.05, 3.63) is 23.8 Å². The van der Waals surface area contributed by atoms with Crippen molar-refractivity contribution in [3.63, 3.8) is 0 Å². The van der Waals surface area contributed by atoms with E-state index in [0.717, 1.165) is 25.9 Å². The minimum absolute atomic E-state index is 0.0264. The maximum Gasteiger partial charge on any atom is 0.162 e. The Bertz CT molecular complexity index is 500. The summed E-state index contributed by atoms with van der Waals surface area (Å²) in [6.07, 6.45) is 2.15. The molecule has 4 nitrogen and oxygen atoms in total. The summed E-state index contributed by atoms with van der Waals surface area (Å²) in [6, 6.07) is 5.36. The molecule has 0 saturated carbocycles. The predicted molar refractivity (Wildman–Crippen MR) is 78.8 cm³/mol. The fourth-order valence-corrected chi connectivity index (χ4v) is 2.77. The van der Waals surface area contributed by atoms with Crippen LogP contribution in [0, 0.1) is 0 Å². The molecule has 0 N–H and O–H groups in total. The molecule has 1 saturated heterocycles. The zero-order valence-electron chi connectivity index (χ0n) is 12.7. The van der Waals surface area contributed by atoms with Gasteiger partial charge in [-0.15, -0.1) is 0 Å². The van der Waals surface area contributed by atoms with Gasteiger partial charge < -0.3 is 14.4 Å². The fraction of sp³-hybridized carbons (Fsp3) is 0.562. The number of carbonyl (C=O) groups excluding carboxylic acids is 1. The van der Waals surface area contributed by atoms with Crippen molar-refractivity contribution >= 4 is 5.78 Å². The molecule has 1 aromatic carbocycles. The van der Waals surface area contributed by atoms with Crippen LogP contribution in [-0.4, -0.2) is 43.5 Å². The third kappa shape index (κ3) is 3.31. The molecule has 1 fully saturated rings. The van der Waals surface area contributed by atoms with Crippen LogP contribution in [0.2, 0.25) is 0 Å². The lowest BCUT2D eigenvalue weighted by Gasteiger charge is -2.39. The number of piperidine rings is 1. The summed E-state index contributed by atoms with van der Waals surface area (Å²) in [5, 5.41) is 0. The quantitative estimate of drug-likeness (QED) is 0.793. The smallest absolute Gasteiger partial charge is 0.162 e. The molecule has 1 atom stereocenters. The van der Waals surface area contributed by atoms with E-state index in [2.05, 4.69) is 18.9 Å². The SMILES string of the molecule is COc1cc(C(C)=O)ccc1OC1(C)CCCN(C)C1. The predicted octanol–water partition coefficient (Wildman–Crippen LogP) is 2.76. The molecule has 1 aliphatic rings. The van der Waals surface area contributed by atoms with Crippen molar-refractivity contribution in [2.24, 2.45) is 0 Å². The third-order valence-corrected chi connectivity index (χ3v) is 3.78. The molecular formula is C16H23NO3. The number of likely N-dealkylation sites (tertiary alicyclic amines) is 1. The van der Waals surface area contributed by atoms with Gasteiger partial charge in [0.2, 0.25) is 0 Å². The molecule has 20 heavy (non-hydrogen) atoms. The van der Waals surface area contributed by atoms with Gasteiger partial charge in [0.15, 0.2) is 17.3 Å². The van der Waals surface area contributed by atoms with Gasteiger partial charge in [0.05, 0.1) is 7.11 Å². The van der Waals surface area contributed by atoms with Crippen molar-refractivity contribution in [3.8, 4) is 11.5 Å². The summed E-state index contributed by atoms with van der Waals surface area (Å²) in [6.45, 7) is 5.68. The first-order chi connectivity index (χ1) is 9.43. The van der Waals surface area contributed by atoms with E-state index in [-0.39, 0.29) is 11.4 Å². The molecule has 4 heteroatoms. The van der Waals surface area contributed by atoms with Crippen LogP contribution in [0.25, 0.3) is 0 Å². The number of ketones is 1. The Morgan fingerprint density at radius 1 is 1.35 bits per heavy atom. The van der Waals surface area contributed by atoms with Gasteiger partial charge in [0.1, 0.15) is 5.60 Å². The summed E-state index contributed by atoms with van der Waals surface area (Å²) in [4.78, 5) is 13.7. The highest BCUT2D eigenvalue weighted by Crippen LogP contribution is 2.34. The molecule has 0 radical (unpaired) electrons. The van der Waals surface area contributed by atoms with Crippen molar-refractivity contribution in [1.82, 2.24) is 4.90 Å². The van der Waals surface area contributed by atoms with E-state index < -0.39 is 0 Å². The molecule has 1 aliphatic heterocycles. The highest BCUT2D eigenvalue weighted by atomic mass is 16.5. The van der Waals surface area contributed by atoms with Gasteiger partial charge in [0, 0.05) is 12.1 Å². The Labute approximate surface area is 120 Å². The number of rotatable bonds is 4. The van der Waals surface area contributed by atoms with Gasteiger partial charge in [-0.1, -0.05) is 0 Å². The van der Waals surface area contributed by atoms with Crippen LogP contribution in [0.15, 0.2) is 18.2 Å². The Kier molecular flexibility index (Phi) is 4.33. The number of Topliss-reactive ketones (excluding diaryl/α,β-unsaturated/α-hetero) is 1. The Morgan fingerprint density at radius 3 is 2.70 bits per heavy atom. The van der Waals surface area contributed by atoms with E-state index in [0.29, 0.717) is 17.1 Å². The highest BCUT2D eigenvalue weighted by Gasteiger charge is 2.32. The Morgan fingerprint density at radius 2 is 2.10 bits per heavy atom. The van der Waals surface area contributed by atoms with Crippen LogP contribution in [0.3, 0.4) is 0 Å². The summed E-state index contributed by atoms with van der Waals surface area (Å²) < 4.78 is 11.6. The average Bonchev–Trinajstić information content (AvgIpc) is 2.38. The maximum absolute atomic E-state index is 11.4. The lowest BCUT2D eigenvalue weighted by molar-refractivity contribution is 0.0137. The summed E-state index contributed by atoms with van der Waals surface area (Å²) in [7, 11) is 3.71. The van der Waals surface area contributed by atoms with E-state index in [9.17, 15) is 4.79 Å². The van der Waals surface area contributed by atoms with E-state index in [1.807, 2.05) is 6.07 Å². The monoisotopic (exact) mass is 277 g/mol. The van der Waals surface area contributed by atoms with Crippen molar-refractivity contribution < 1.29 is 14.3 Å². The van der Waals surface area contributed by atoms with Crippen molar-refractivity contribution in [2.75, 3.05) is 27.2 Å². The van der Waals surface area contributed by atoms with Crippen LogP contribution >= 0.6 is 0 Å². The van der Waals surface area contributed by atoms with Gasteiger partial charge >= 0.3 is 0 Å². The molecule has 0 aromatic heterocycles. The zero-order chi connectivity index (χ0) is 14.8. The molecule has 0 spiro atoms. The van der Waals surface area contributed by atoms with Crippen molar-refractivity contribution in [1.29, 1.82) is 0 Å². The number of carbonyl (C=O) groups is 1. The van der Waals surface area contributed by atoms with Crippen LogP contribution in [0.1, 0.15) is 37.0 Å². The second-order valence-corrected chi connectivity index (χ2v) is 5.82. The van der Waals surface area contributed by atoms with E-state index in [1.54, 1.807) is 26.2 Å². The number of benzene rings is 1. The van der Waals surface area contributed by atoms with Gasteiger partial charge in [-0.05, 0) is 58.5 Å². The summed E-state index contributed by atoms with van der Waals surface area (Å²) in [5.41, 5.74) is 0.429. The van der Waals surface area contributed by atoms with Crippen LogP contribution < -0.4 is 9.47 Å². The number of likely N-dealkylation sites (N-methyl/N-ethyl adjacent to an activating group) is 1. The van der Waals surface area contributed by atoms with Gasteiger partial charge in [0.25, 0.3) is 0 Å². The average molecular weight is 277 g/mol. The summed E-state index contributed by atoms with van der Waals surface area (Å²) >= 11 is 0. The molecule has 110 valence electrons. The van der Waals surface area contributed by atoms with Crippen molar-refractivity contribution in [2.45, 2.75) is 32.3 Å². The molecule has 1 heterocycles. The molecule has 0 aliphatic carbocycles.